The van der Waals surface area contributed by atoms with E-state index in [2.05, 4.69) is 15.9 Å². The van der Waals surface area contributed by atoms with Gasteiger partial charge in [-0.15, -0.1) is 0 Å². The summed E-state index contributed by atoms with van der Waals surface area (Å²) in [5.74, 6) is 2.66. The zero-order valence-electron chi connectivity index (χ0n) is 19.8. The molecule has 2 saturated heterocycles. The van der Waals surface area contributed by atoms with Crippen molar-refractivity contribution in [1.82, 2.24) is 9.80 Å². The Morgan fingerprint density at radius 2 is 1.88 bits per heavy atom. The first-order valence-electron chi connectivity index (χ1n) is 13.5. The maximum Gasteiger partial charge on any atom is 0.254 e. The minimum Gasteiger partial charge on any atom is -0.508 e. The van der Waals surface area contributed by atoms with Crippen molar-refractivity contribution in [3.05, 3.63) is 65.2 Å². The van der Waals surface area contributed by atoms with Gasteiger partial charge in [0.25, 0.3) is 5.91 Å². The van der Waals surface area contributed by atoms with Crippen LogP contribution in [-0.2, 0) is 11.8 Å². The molecular formula is C30H34N2O2. The molecule has 6 atom stereocenters. The van der Waals surface area contributed by atoms with Crippen molar-refractivity contribution in [1.29, 1.82) is 0 Å². The highest BCUT2D eigenvalue weighted by atomic mass is 16.3. The first-order chi connectivity index (χ1) is 16.6. The first kappa shape index (κ1) is 19.9. The molecule has 2 aliphatic heterocycles. The predicted molar refractivity (Wildman–Crippen MR) is 131 cm³/mol. The van der Waals surface area contributed by atoms with Gasteiger partial charge in [-0.2, -0.15) is 0 Å². The van der Waals surface area contributed by atoms with E-state index in [4.69, 9.17) is 0 Å². The Kier molecular flexibility index (Phi) is 3.90. The van der Waals surface area contributed by atoms with Crippen molar-refractivity contribution in [3.63, 3.8) is 0 Å². The van der Waals surface area contributed by atoms with E-state index in [-0.39, 0.29) is 16.7 Å². The molecule has 1 N–H and O–H groups in total. The minimum atomic E-state index is 0.0238. The summed E-state index contributed by atoms with van der Waals surface area (Å²) in [6, 6.07) is 17.0. The van der Waals surface area contributed by atoms with Gasteiger partial charge >= 0.3 is 0 Å². The van der Waals surface area contributed by atoms with Gasteiger partial charge in [-0.25, -0.2) is 0 Å². The Hall–Kier alpha value is -2.33. The van der Waals surface area contributed by atoms with Crippen molar-refractivity contribution in [2.75, 3.05) is 19.6 Å². The number of hydrogen-bond donors (Lipinski definition) is 1. The first-order valence-corrected chi connectivity index (χ1v) is 13.5. The third kappa shape index (κ3) is 2.31. The van der Waals surface area contributed by atoms with Crippen LogP contribution in [0.4, 0.5) is 0 Å². The van der Waals surface area contributed by atoms with Gasteiger partial charge in [0.1, 0.15) is 5.75 Å². The molecule has 4 heteroatoms. The van der Waals surface area contributed by atoms with Crippen LogP contribution < -0.4 is 0 Å². The number of carbonyl (C=O) groups is 1. The van der Waals surface area contributed by atoms with Crippen molar-refractivity contribution >= 4 is 5.91 Å². The summed E-state index contributed by atoms with van der Waals surface area (Å²) in [7, 11) is 0. The Morgan fingerprint density at radius 1 is 1.03 bits per heavy atom. The Balaban J connectivity index is 1.26. The number of benzene rings is 2. The van der Waals surface area contributed by atoms with Crippen LogP contribution in [0.2, 0.25) is 0 Å². The standard InChI is InChI=1S/C30H34N2O2/c33-24-8-4-7-21-15-25-29-12-11-23-26(30(29,27(21)24)13-14-31(25)17-19-9-10-19)22(16-29)18-32(23)28(34)20-5-2-1-3-6-20/h1-8,19,22-23,25-26,33H,9-18H2/t22-,23?,25?,26?,29?,30?/m1/s1. The van der Waals surface area contributed by atoms with Crippen LogP contribution in [0.25, 0.3) is 0 Å². The molecule has 8 rings (SSSR count). The second kappa shape index (κ2) is 6.66. The van der Waals surface area contributed by atoms with Crippen LogP contribution in [0.5, 0.6) is 5.75 Å². The van der Waals surface area contributed by atoms with Gasteiger partial charge in [0, 0.05) is 41.7 Å². The van der Waals surface area contributed by atoms with Crippen molar-refractivity contribution < 1.29 is 9.90 Å². The van der Waals surface area contributed by atoms with Gasteiger partial charge in [-0.3, -0.25) is 9.69 Å². The monoisotopic (exact) mass is 454 g/mol. The molecule has 5 unspecified atom stereocenters. The number of rotatable bonds is 3. The molecule has 34 heavy (non-hydrogen) atoms. The van der Waals surface area contributed by atoms with Crippen LogP contribution in [0.3, 0.4) is 0 Å². The quantitative estimate of drug-likeness (QED) is 0.737. The Bertz CT molecular complexity index is 1180. The molecular weight excluding hydrogens is 420 g/mol. The highest BCUT2D eigenvalue weighted by Crippen LogP contribution is 2.76. The van der Waals surface area contributed by atoms with Crippen LogP contribution in [0, 0.1) is 23.2 Å². The molecule has 2 aromatic rings. The summed E-state index contributed by atoms with van der Waals surface area (Å²) in [6.07, 6.45) is 8.60. The molecule has 0 radical (unpaired) electrons. The molecule has 1 amide bonds. The van der Waals surface area contributed by atoms with Gasteiger partial charge in [-0.05, 0) is 98.4 Å². The molecule has 6 aliphatic rings. The molecule has 5 fully saturated rings. The van der Waals surface area contributed by atoms with E-state index in [1.54, 1.807) is 0 Å². The fourth-order valence-electron chi connectivity index (χ4n) is 10.00. The van der Waals surface area contributed by atoms with Crippen LogP contribution in [0.1, 0.15) is 60.0 Å². The fourth-order valence-corrected chi connectivity index (χ4v) is 10.00. The lowest BCUT2D eigenvalue weighted by atomic mass is 9.43. The average Bonchev–Trinajstić information content (AvgIpc) is 3.54. The number of amides is 1. The molecule has 2 heterocycles. The topological polar surface area (TPSA) is 43.8 Å². The van der Waals surface area contributed by atoms with Crippen molar-refractivity contribution in [2.24, 2.45) is 23.2 Å². The number of phenols is 1. The van der Waals surface area contributed by atoms with Gasteiger partial charge in [0.15, 0.2) is 0 Å². The van der Waals surface area contributed by atoms with Crippen molar-refractivity contribution in [3.8, 4) is 5.75 Å². The van der Waals surface area contributed by atoms with Gasteiger partial charge in [0.05, 0.1) is 0 Å². The summed E-state index contributed by atoms with van der Waals surface area (Å²) >= 11 is 0. The third-order valence-electron chi connectivity index (χ3n) is 11.1. The molecule has 3 saturated carbocycles. The maximum absolute atomic E-state index is 13.7. The van der Waals surface area contributed by atoms with Gasteiger partial charge in [-0.1, -0.05) is 30.3 Å². The van der Waals surface area contributed by atoms with Crippen LogP contribution in [-0.4, -0.2) is 52.5 Å². The van der Waals surface area contributed by atoms with E-state index >= 15 is 0 Å². The summed E-state index contributed by atoms with van der Waals surface area (Å²) in [6.45, 7) is 3.32. The zero-order chi connectivity index (χ0) is 22.7. The highest BCUT2D eigenvalue weighted by Gasteiger charge is 2.76. The summed E-state index contributed by atoms with van der Waals surface area (Å²) in [5, 5.41) is 11.3. The van der Waals surface area contributed by atoms with E-state index in [0.717, 1.165) is 43.8 Å². The molecule has 0 aromatic heterocycles. The number of fused-ring (bicyclic) bond motifs is 1. The zero-order valence-corrected chi connectivity index (χ0v) is 19.8. The number of carbonyl (C=O) groups excluding carboxylic acids is 1. The summed E-state index contributed by atoms with van der Waals surface area (Å²) in [5.41, 5.74) is 3.77. The minimum absolute atomic E-state index is 0.0238. The van der Waals surface area contributed by atoms with Gasteiger partial charge in [0.2, 0.25) is 0 Å². The predicted octanol–water partition coefficient (Wildman–Crippen LogP) is 4.61. The lowest BCUT2D eigenvalue weighted by Crippen LogP contribution is -2.69. The Labute approximate surface area is 201 Å². The largest absolute Gasteiger partial charge is 0.508 e. The number of hydrogen-bond acceptors (Lipinski definition) is 3. The Morgan fingerprint density at radius 3 is 2.71 bits per heavy atom. The molecule has 0 spiro atoms. The summed E-state index contributed by atoms with van der Waals surface area (Å²) < 4.78 is 0. The molecule has 4 aliphatic carbocycles. The van der Waals surface area contributed by atoms with Crippen LogP contribution >= 0.6 is 0 Å². The van der Waals surface area contributed by atoms with E-state index in [9.17, 15) is 9.90 Å². The molecule has 176 valence electrons. The van der Waals surface area contributed by atoms with E-state index in [1.165, 1.54) is 43.4 Å². The SMILES string of the molecule is O=C(c1ccccc1)N1C[C@H]2CC34CCC1C2C31CCN(CC2CC2)C4Cc2cccc(O)c21. The van der Waals surface area contributed by atoms with Crippen molar-refractivity contribution in [2.45, 2.75) is 62.4 Å². The summed E-state index contributed by atoms with van der Waals surface area (Å²) in [4.78, 5) is 18.8. The fraction of sp³-hybridized carbons (Fsp3) is 0.567. The van der Waals surface area contributed by atoms with E-state index < -0.39 is 0 Å². The maximum atomic E-state index is 13.7. The highest BCUT2D eigenvalue weighted by molar-refractivity contribution is 5.94. The molecule has 4 nitrogen and oxygen atoms in total. The smallest absolute Gasteiger partial charge is 0.254 e. The number of piperidine rings is 1. The normalized spacial score (nSPS) is 39.6. The van der Waals surface area contributed by atoms with Crippen LogP contribution in [0.15, 0.2) is 48.5 Å². The number of phenolic OH excluding ortho intramolecular Hbond substituents is 1. The number of likely N-dealkylation sites (tertiary alicyclic amines) is 2. The second-order valence-corrected chi connectivity index (χ2v) is 12.3. The molecule has 2 aromatic carbocycles. The lowest BCUT2D eigenvalue weighted by molar-refractivity contribution is -0.103. The second-order valence-electron chi connectivity index (χ2n) is 12.3. The number of nitrogens with zero attached hydrogens (tertiary/aromatic N) is 2. The van der Waals surface area contributed by atoms with E-state index in [0.29, 0.717) is 29.7 Å². The molecule has 4 bridgehead atoms. The lowest BCUT2D eigenvalue weighted by Gasteiger charge is -2.66. The third-order valence-corrected chi connectivity index (χ3v) is 11.1. The van der Waals surface area contributed by atoms with Gasteiger partial charge < -0.3 is 10.0 Å². The number of aromatic hydroxyl groups is 1. The van der Waals surface area contributed by atoms with E-state index in [1.807, 2.05) is 42.5 Å². The average molecular weight is 455 g/mol.